The molecule has 0 aromatic heterocycles. The van der Waals surface area contributed by atoms with Crippen molar-refractivity contribution in [3.05, 3.63) is 62.5 Å². The Labute approximate surface area is 138 Å². The highest BCUT2D eigenvalue weighted by molar-refractivity contribution is 9.11. The number of nitrogens with one attached hydrogen (secondary N) is 1. The molecule has 0 spiro atoms. The molecule has 0 aliphatic heterocycles. The first-order valence-electron chi connectivity index (χ1n) is 5.63. The number of halogens is 2. The third kappa shape index (κ3) is 3.88. The Morgan fingerprint density at radius 3 is 2.30 bits per heavy atom. The fraction of sp³-hybridized carbons (Fsp3) is 0. The van der Waals surface area contributed by atoms with Crippen LogP contribution in [0.15, 0.2) is 51.4 Å². The van der Waals surface area contributed by atoms with Gasteiger partial charge in [-0.2, -0.15) is 0 Å². The van der Waals surface area contributed by atoms with Crippen molar-refractivity contribution in [3.63, 3.8) is 0 Å². The molecule has 2 aromatic carbocycles. The molecule has 0 fully saturated rings. The van der Waals surface area contributed by atoms with E-state index in [2.05, 4.69) is 37.2 Å². The van der Waals surface area contributed by atoms with E-state index in [4.69, 9.17) is 18.0 Å². The van der Waals surface area contributed by atoms with E-state index in [0.29, 0.717) is 21.8 Å². The molecule has 0 saturated carbocycles. The van der Waals surface area contributed by atoms with Crippen LogP contribution in [0.1, 0.15) is 15.9 Å². The van der Waals surface area contributed by atoms with Crippen molar-refractivity contribution < 1.29 is 4.79 Å². The molecule has 0 saturated heterocycles. The third-order valence-electron chi connectivity index (χ3n) is 2.53. The maximum absolute atomic E-state index is 12.2. The predicted octanol–water partition coefficient (Wildman–Crippen LogP) is 4.10. The first-order chi connectivity index (χ1) is 9.45. The Kier molecular flexibility index (Phi) is 4.91. The van der Waals surface area contributed by atoms with Crippen LogP contribution in [-0.4, -0.2) is 10.9 Å². The molecule has 0 aliphatic carbocycles. The summed E-state index contributed by atoms with van der Waals surface area (Å²) in [5.74, 6) is -0.202. The van der Waals surface area contributed by atoms with Crippen molar-refractivity contribution in [2.45, 2.75) is 0 Å². The van der Waals surface area contributed by atoms with Crippen molar-refractivity contribution >= 4 is 60.7 Å². The van der Waals surface area contributed by atoms with Gasteiger partial charge in [0, 0.05) is 25.8 Å². The zero-order chi connectivity index (χ0) is 14.7. The zero-order valence-electron chi connectivity index (χ0n) is 10.2. The van der Waals surface area contributed by atoms with Gasteiger partial charge in [0.1, 0.15) is 4.99 Å². The van der Waals surface area contributed by atoms with E-state index >= 15 is 0 Å². The summed E-state index contributed by atoms with van der Waals surface area (Å²) in [7, 11) is 0. The van der Waals surface area contributed by atoms with Gasteiger partial charge in [0.25, 0.3) is 5.91 Å². The molecule has 0 radical (unpaired) electrons. The Bertz CT molecular complexity index is 668. The number of hydrogen-bond donors (Lipinski definition) is 2. The molecule has 3 nitrogen and oxygen atoms in total. The molecule has 0 aliphatic rings. The van der Waals surface area contributed by atoms with Gasteiger partial charge in [-0.15, -0.1) is 0 Å². The number of benzene rings is 2. The molecule has 2 rings (SSSR count). The molecule has 20 heavy (non-hydrogen) atoms. The highest BCUT2D eigenvalue weighted by Crippen LogP contribution is 2.21. The van der Waals surface area contributed by atoms with Crippen LogP contribution in [0, 0.1) is 0 Å². The third-order valence-corrected chi connectivity index (χ3v) is 3.68. The quantitative estimate of drug-likeness (QED) is 0.744. The van der Waals surface area contributed by atoms with Gasteiger partial charge in [-0.25, -0.2) is 0 Å². The Morgan fingerprint density at radius 1 is 1.05 bits per heavy atom. The molecule has 2 aromatic rings. The summed E-state index contributed by atoms with van der Waals surface area (Å²) in [5.41, 5.74) is 7.48. The highest BCUT2D eigenvalue weighted by Gasteiger charge is 2.08. The lowest BCUT2D eigenvalue weighted by Gasteiger charge is -2.08. The van der Waals surface area contributed by atoms with Crippen molar-refractivity contribution in [2.24, 2.45) is 5.73 Å². The van der Waals surface area contributed by atoms with E-state index in [0.717, 1.165) is 8.95 Å². The highest BCUT2D eigenvalue weighted by atomic mass is 79.9. The van der Waals surface area contributed by atoms with Gasteiger partial charge in [-0.05, 0) is 30.3 Å². The van der Waals surface area contributed by atoms with Crippen LogP contribution in [0.4, 0.5) is 5.69 Å². The summed E-state index contributed by atoms with van der Waals surface area (Å²) in [5, 5.41) is 2.81. The summed E-state index contributed by atoms with van der Waals surface area (Å²) >= 11 is 11.6. The molecular weight excluding hydrogens is 404 g/mol. The second-order valence-corrected chi connectivity index (χ2v) is 6.33. The van der Waals surface area contributed by atoms with Gasteiger partial charge in [0.05, 0.1) is 0 Å². The average molecular weight is 414 g/mol. The van der Waals surface area contributed by atoms with Crippen LogP contribution in [0.2, 0.25) is 0 Å². The number of anilines is 1. The molecule has 102 valence electrons. The van der Waals surface area contributed by atoms with E-state index in [1.54, 1.807) is 36.4 Å². The predicted molar refractivity (Wildman–Crippen MR) is 92.1 cm³/mol. The summed E-state index contributed by atoms with van der Waals surface area (Å²) in [6.07, 6.45) is 0. The second-order valence-electron chi connectivity index (χ2n) is 4.06. The van der Waals surface area contributed by atoms with Gasteiger partial charge in [-0.3, -0.25) is 4.79 Å². The minimum atomic E-state index is -0.202. The lowest BCUT2D eigenvalue weighted by atomic mass is 10.1. The van der Waals surface area contributed by atoms with Crippen LogP contribution in [0.5, 0.6) is 0 Å². The average Bonchev–Trinajstić information content (AvgIpc) is 2.37. The smallest absolute Gasteiger partial charge is 0.255 e. The van der Waals surface area contributed by atoms with E-state index < -0.39 is 0 Å². The number of nitrogens with two attached hydrogens (primary N) is 1. The SMILES string of the molecule is NC(=S)c1cccc(NC(=O)c2cc(Br)cc(Br)c2)c1. The molecule has 0 atom stereocenters. The van der Waals surface area contributed by atoms with Crippen LogP contribution in [-0.2, 0) is 0 Å². The lowest BCUT2D eigenvalue weighted by Crippen LogP contribution is -2.14. The number of carbonyl (C=O) groups excluding carboxylic acids is 1. The molecule has 6 heteroatoms. The Hall–Kier alpha value is -1.24. The van der Waals surface area contributed by atoms with Gasteiger partial charge in [0.2, 0.25) is 0 Å². The molecule has 0 bridgehead atoms. The number of thiocarbonyl (C=S) groups is 1. The summed E-state index contributed by atoms with van der Waals surface area (Å²) < 4.78 is 1.66. The zero-order valence-corrected chi connectivity index (χ0v) is 14.2. The van der Waals surface area contributed by atoms with E-state index in [9.17, 15) is 4.79 Å². The number of amides is 1. The van der Waals surface area contributed by atoms with Crippen molar-refractivity contribution in [2.75, 3.05) is 5.32 Å². The largest absolute Gasteiger partial charge is 0.389 e. The fourth-order valence-electron chi connectivity index (χ4n) is 1.64. The Balaban J connectivity index is 2.23. The molecular formula is C14H10Br2N2OS. The normalized spacial score (nSPS) is 10.1. The number of hydrogen-bond acceptors (Lipinski definition) is 2. The van der Waals surface area contributed by atoms with Gasteiger partial charge >= 0.3 is 0 Å². The van der Waals surface area contributed by atoms with E-state index in [1.807, 2.05) is 6.07 Å². The molecule has 0 heterocycles. The first-order valence-corrected chi connectivity index (χ1v) is 7.62. The van der Waals surface area contributed by atoms with Crippen LogP contribution < -0.4 is 11.1 Å². The van der Waals surface area contributed by atoms with E-state index in [-0.39, 0.29) is 5.91 Å². The number of carbonyl (C=O) groups is 1. The van der Waals surface area contributed by atoms with Crippen molar-refractivity contribution in [3.8, 4) is 0 Å². The minimum absolute atomic E-state index is 0.202. The fourth-order valence-corrected chi connectivity index (χ4v) is 3.06. The van der Waals surface area contributed by atoms with Crippen LogP contribution in [0.25, 0.3) is 0 Å². The molecule has 0 unspecified atom stereocenters. The Morgan fingerprint density at radius 2 is 1.70 bits per heavy atom. The van der Waals surface area contributed by atoms with E-state index in [1.165, 1.54) is 0 Å². The second kappa shape index (κ2) is 6.47. The van der Waals surface area contributed by atoms with Gasteiger partial charge in [-0.1, -0.05) is 56.2 Å². The molecule has 3 N–H and O–H groups in total. The van der Waals surface area contributed by atoms with Gasteiger partial charge in [0.15, 0.2) is 0 Å². The maximum atomic E-state index is 12.2. The summed E-state index contributed by atoms with van der Waals surface area (Å²) in [6.45, 7) is 0. The molecule has 1 amide bonds. The first kappa shape index (κ1) is 15.2. The summed E-state index contributed by atoms with van der Waals surface area (Å²) in [6, 6.07) is 12.5. The van der Waals surface area contributed by atoms with Crippen LogP contribution in [0.3, 0.4) is 0 Å². The van der Waals surface area contributed by atoms with Crippen molar-refractivity contribution in [1.82, 2.24) is 0 Å². The summed E-state index contributed by atoms with van der Waals surface area (Å²) in [4.78, 5) is 12.5. The maximum Gasteiger partial charge on any atom is 0.255 e. The number of rotatable bonds is 3. The minimum Gasteiger partial charge on any atom is -0.389 e. The monoisotopic (exact) mass is 412 g/mol. The van der Waals surface area contributed by atoms with Crippen LogP contribution >= 0.6 is 44.1 Å². The van der Waals surface area contributed by atoms with Crippen molar-refractivity contribution in [1.29, 1.82) is 0 Å². The topological polar surface area (TPSA) is 55.1 Å². The van der Waals surface area contributed by atoms with Gasteiger partial charge < -0.3 is 11.1 Å². The lowest BCUT2D eigenvalue weighted by molar-refractivity contribution is 0.102. The standard InChI is InChI=1S/C14H10Br2N2OS/c15-10-4-9(5-11(16)7-10)14(19)18-12-3-1-2-8(6-12)13(17)20/h1-7H,(H2,17,20)(H,18,19).